The van der Waals surface area contributed by atoms with Gasteiger partial charge in [0.25, 0.3) is 0 Å². The average Bonchev–Trinajstić information content (AvgIpc) is 2.59. The summed E-state index contributed by atoms with van der Waals surface area (Å²) >= 11 is 0. The Morgan fingerprint density at radius 1 is 1.00 bits per heavy atom. The Labute approximate surface area is 70.3 Å². The molecule has 1 nitrogen and oxygen atoms in total. The summed E-state index contributed by atoms with van der Waals surface area (Å²) in [6.07, 6.45) is 2.87. The highest BCUT2D eigenvalue weighted by atomic mass is 33.1. The predicted molar refractivity (Wildman–Crippen MR) is 49.5 cm³/mol. The first-order valence-electron chi connectivity index (χ1n) is 3.95. The first kappa shape index (κ1) is 7.32. The Balaban J connectivity index is 1.85. The summed E-state index contributed by atoms with van der Waals surface area (Å²) in [6, 6.07) is 0.914. The zero-order valence-electron chi connectivity index (χ0n) is 6.08. The van der Waals surface area contributed by atoms with Crippen LogP contribution in [0.25, 0.3) is 0 Å². The summed E-state index contributed by atoms with van der Waals surface area (Å²) in [5.74, 6) is 2.73. The molecule has 2 aliphatic heterocycles. The van der Waals surface area contributed by atoms with Crippen molar-refractivity contribution < 1.29 is 0 Å². The van der Waals surface area contributed by atoms with Gasteiger partial charge in [-0.15, -0.1) is 0 Å². The van der Waals surface area contributed by atoms with E-state index in [1.165, 1.54) is 37.4 Å². The van der Waals surface area contributed by atoms with Crippen LogP contribution in [-0.4, -0.2) is 35.5 Å². The number of likely N-dealkylation sites (tertiary alicyclic amines) is 1. The van der Waals surface area contributed by atoms with Crippen molar-refractivity contribution >= 4 is 21.6 Å². The summed E-state index contributed by atoms with van der Waals surface area (Å²) in [5.41, 5.74) is 0. The molecule has 3 heteroatoms. The average molecular weight is 175 g/mol. The Bertz CT molecular complexity index is 92.2. The minimum atomic E-state index is 0.914. The fourth-order valence-corrected chi connectivity index (χ4v) is 4.45. The Kier molecular flexibility index (Phi) is 2.47. The second-order valence-electron chi connectivity index (χ2n) is 2.97. The molecule has 0 spiro atoms. The van der Waals surface area contributed by atoms with E-state index in [9.17, 15) is 0 Å². The lowest BCUT2D eigenvalue weighted by Gasteiger charge is -2.20. The lowest BCUT2D eigenvalue weighted by atomic mass is 10.3. The number of hydrogen-bond donors (Lipinski definition) is 0. The molecule has 0 saturated carbocycles. The molecule has 0 unspecified atom stereocenters. The minimum Gasteiger partial charge on any atom is -0.299 e. The predicted octanol–water partition coefficient (Wildman–Crippen LogP) is 1.85. The van der Waals surface area contributed by atoms with Gasteiger partial charge < -0.3 is 0 Å². The lowest BCUT2D eigenvalue weighted by molar-refractivity contribution is 0.286. The first-order chi connectivity index (χ1) is 4.97. The van der Waals surface area contributed by atoms with Crippen molar-refractivity contribution in [1.29, 1.82) is 0 Å². The molecular formula is C7H13NS2. The largest absolute Gasteiger partial charge is 0.299 e. The maximum Gasteiger partial charge on any atom is 0.0293 e. The topological polar surface area (TPSA) is 3.24 Å². The van der Waals surface area contributed by atoms with E-state index in [1.807, 2.05) is 21.6 Å². The zero-order chi connectivity index (χ0) is 6.81. The molecule has 2 saturated heterocycles. The molecular weight excluding hydrogens is 162 g/mol. The van der Waals surface area contributed by atoms with Gasteiger partial charge in [-0.25, -0.2) is 0 Å². The van der Waals surface area contributed by atoms with E-state index in [-0.39, 0.29) is 0 Å². The summed E-state index contributed by atoms with van der Waals surface area (Å²) in [7, 11) is 4.09. The molecule has 0 N–H and O–H groups in total. The molecule has 10 heavy (non-hydrogen) atoms. The Morgan fingerprint density at radius 2 is 1.60 bits per heavy atom. The highest BCUT2D eigenvalue weighted by Gasteiger charge is 2.25. The third-order valence-electron chi connectivity index (χ3n) is 2.26. The molecule has 0 aromatic rings. The standard InChI is InChI=1S/C7H13NS2/c1-2-4-8(3-1)7-5-9-10-6-7/h7H,1-6H2. The molecule has 0 amide bonds. The van der Waals surface area contributed by atoms with E-state index >= 15 is 0 Å². The summed E-state index contributed by atoms with van der Waals surface area (Å²) < 4.78 is 0. The van der Waals surface area contributed by atoms with Crippen LogP contribution >= 0.6 is 21.6 Å². The van der Waals surface area contributed by atoms with Gasteiger partial charge in [0.2, 0.25) is 0 Å². The van der Waals surface area contributed by atoms with Crippen LogP contribution in [-0.2, 0) is 0 Å². The van der Waals surface area contributed by atoms with Crippen molar-refractivity contribution in [3.05, 3.63) is 0 Å². The minimum absolute atomic E-state index is 0.914. The molecule has 0 radical (unpaired) electrons. The number of hydrogen-bond acceptors (Lipinski definition) is 3. The summed E-state index contributed by atoms with van der Waals surface area (Å²) in [5, 5.41) is 0. The van der Waals surface area contributed by atoms with Crippen LogP contribution in [0.3, 0.4) is 0 Å². The van der Waals surface area contributed by atoms with Crippen LogP contribution in [0, 0.1) is 0 Å². The second-order valence-corrected chi connectivity index (χ2v) is 5.52. The SMILES string of the molecule is C1CCN(C2CSSC2)C1. The van der Waals surface area contributed by atoms with Gasteiger partial charge >= 0.3 is 0 Å². The van der Waals surface area contributed by atoms with Crippen molar-refractivity contribution in [1.82, 2.24) is 4.90 Å². The molecule has 2 rings (SSSR count). The van der Waals surface area contributed by atoms with Crippen LogP contribution in [0.2, 0.25) is 0 Å². The Hall–Kier alpha value is 0.660. The molecule has 2 fully saturated rings. The quantitative estimate of drug-likeness (QED) is 0.560. The van der Waals surface area contributed by atoms with Gasteiger partial charge in [0.15, 0.2) is 0 Å². The maximum absolute atomic E-state index is 2.66. The maximum atomic E-state index is 2.66. The van der Waals surface area contributed by atoms with E-state index in [0.29, 0.717) is 0 Å². The van der Waals surface area contributed by atoms with Crippen LogP contribution in [0.15, 0.2) is 0 Å². The van der Waals surface area contributed by atoms with E-state index in [2.05, 4.69) is 4.90 Å². The zero-order valence-corrected chi connectivity index (χ0v) is 7.72. The monoisotopic (exact) mass is 175 g/mol. The van der Waals surface area contributed by atoms with Crippen molar-refractivity contribution in [2.45, 2.75) is 18.9 Å². The smallest absolute Gasteiger partial charge is 0.0293 e. The number of nitrogens with zero attached hydrogens (tertiary/aromatic N) is 1. The molecule has 2 heterocycles. The Morgan fingerprint density at radius 3 is 2.20 bits per heavy atom. The van der Waals surface area contributed by atoms with Gasteiger partial charge in [-0.2, -0.15) is 0 Å². The van der Waals surface area contributed by atoms with Crippen LogP contribution in [0.4, 0.5) is 0 Å². The van der Waals surface area contributed by atoms with Gasteiger partial charge in [0.1, 0.15) is 0 Å². The lowest BCUT2D eigenvalue weighted by Crippen LogP contribution is -2.34. The van der Waals surface area contributed by atoms with Gasteiger partial charge in [0.05, 0.1) is 0 Å². The van der Waals surface area contributed by atoms with Crippen molar-refractivity contribution in [2.24, 2.45) is 0 Å². The first-order valence-corrected chi connectivity index (χ1v) is 6.44. The number of rotatable bonds is 1. The fraction of sp³-hybridized carbons (Fsp3) is 1.00. The highest BCUT2D eigenvalue weighted by Crippen LogP contribution is 2.34. The second kappa shape index (κ2) is 3.37. The van der Waals surface area contributed by atoms with Crippen molar-refractivity contribution in [2.75, 3.05) is 24.6 Å². The van der Waals surface area contributed by atoms with Crippen molar-refractivity contribution in [3.8, 4) is 0 Å². The summed E-state index contributed by atoms with van der Waals surface area (Å²) in [6.45, 7) is 2.73. The van der Waals surface area contributed by atoms with E-state index < -0.39 is 0 Å². The summed E-state index contributed by atoms with van der Waals surface area (Å²) in [4.78, 5) is 2.66. The van der Waals surface area contributed by atoms with E-state index in [0.717, 1.165) is 6.04 Å². The third-order valence-corrected chi connectivity index (χ3v) is 4.79. The van der Waals surface area contributed by atoms with Crippen LogP contribution in [0.5, 0.6) is 0 Å². The van der Waals surface area contributed by atoms with E-state index in [4.69, 9.17) is 0 Å². The van der Waals surface area contributed by atoms with Gasteiger partial charge in [0, 0.05) is 17.5 Å². The molecule has 58 valence electrons. The molecule has 0 aliphatic carbocycles. The van der Waals surface area contributed by atoms with Crippen LogP contribution < -0.4 is 0 Å². The highest BCUT2D eigenvalue weighted by molar-refractivity contribution is 8.77. The normalized spacial score (nSPS) is 30.0. The van der Waals surface area contributed by atoms with Crippen molar-refractivity contribution in [3.63, 3.8) is 0 Å². The molecule has 0 bridgehead atoms. The molecule has 0 atom stereocenters. The van der Waals surface area contributed by atoms with Gasteiger partial charge in [-0.3, -0.25) is 4.90 Å². The van der Waals surface area contributed by atoms with Gasteiger partial charge in [-0.1, -0.05) is 21.6 Å². The molecule has 0 aromatic carbocycles. The van der Waals surface area contributed by atoms with Gasteiger partial charge in [-0.05, 0) is 25.9 Å². The third kappa shape index (κ3) is 1.46. The molecule has 0 aromatic heterocycles. The van der Waals surface area contributed by atoms with Crippen LogP contribution in [0.1, 0.15) is 12.8 Å². The van der Waals surface area contributed by atoms with E-state index in [1.54, 1.807) is 0 Å². The fourth-order valence-electron chi connectivity index (χ4n) is 1.62. The molecule has 2 aliphatic rings.